The largest absolute Gasteiger partial charge is 0.497 e. The van der Waals surface area contributed by atoms with E-state index in [1.165, 1.54) is 36.4 Å². The van der Waals surface area contributed by atoms with Crippen LogP contribution in [0.25, 0.3) is 0 Å². The highest BCUT2D eigenvalue weighted by atomic mass is 19.1. The molecule has 0 saturated heterocycles. The van der Waals surface area contributed by atoms with Gasteiger partial charge in [0.1, 0.15) is 11.6 Å². The minimum absolute atomic E-state index is 0.321. The molecule has 1 unspecified atom stereocenters. The molecule has 6 heteroatoms. The molecule has 0 heterocycles. The van der Waals surface area contributed by atoms with Gasteiger partial charge in [-0.15, -0.1) is 0 Å². The van der Waals surface area contributed by atoms with Crippen LogP contribution in [0.5, 0.6) is 5.75 Å². The monoisotopic (exact) mass is 378 g/mol. The number of benzene rings is 3. The summed E-state index contributed by atoms with van der Waals surface area (Å²) in [6, 6.07) is 18.8. The van der Waals surface area contributed by atoms with Crippen LogP contribution in [0.2, 0.25) is 0 Å². The third kappa shape index (κ3) is 4.35. The smallest absolute Gasteiger partial charge is 0.252 e. The minimum Gasteiger partial charge on any atom is -0.497 e. The van der Waals surface area contributed by atoms with Gasteiger partial charge in [-0.05, 0) is 59.7 Å². The summed E-state index contributed by atoms with van der Waals surface area (Å²) in [7, 11) is 1.57. The van der Waals surface area contributed by atoms with Crippen LogP contribution in [0.3, 0.4) is 0 Å². The molecule has 2 amide bonds. The van der Waals surface area contributed by atoms with Crippen molar-refractivity contribution in [2.75, 3.05) is 7.11 Å². The zero-order valence-corrected chi connectivity index (χ0v) is 15.2. The predicted molar refractivity (Wildman–Crippen MR) is 104 cm³/mol. The van der Waals surface area contributed by atoms with Crippen molar-refractivity contribution in [3.05, 3.63) is 101 Å². The van der Waals surface area contributed by atoms with Crippen molar-refractivity contribution in [2.24, 2.45) is 5.73 Å². The molecule has 28 heavy (non-hydrogen) atoms. The van der Waals surface area contributed by atoms with Gasteiger partial charge in [0.15, 0.2) is 0 Å². The van der Waals surface area contributed by atoms with Crippen LogP contribution >= 0.6 is 0 Å². The Kier molecular flexibility index (Phi) is 5.69. The summed E-state index contributed by atoms with van der Waals surface area (Å²) in [5.74, 6) is -0.559. The zero-order valence-electron chi connectivity index (χ0n) is 15.2. The molecule has 1 atom stereocenters. The number of halogens is 1. The Bertz CT molecular complexity index is 968. The fourth-order valence-corrected chi connectivity index (χ4v) is 2.81. The number of carbonyl (C=O) groups is 2. The number of hydrogen-bond acceptors (Lipinski definition) is 3. The van der Waals surface area contributed by atoms with Crippen molar-refractivity contribution in [2.45, 2.75) is 6.04 Å². The van der Waals surface area contributed by atoms with E-state index in [9.17, 15) is 14.0 Å². The number of rotatable bonds is 6. The number of nitrogens with one attached hydrogen (secondary N) is 1. The molecule has 142 valence electrons. The molecule has 0 aliphatic rings. The SMILES string of the molecule is COc1ccc(C(NC(=O)c2ccc(C(N)=O)cc2)c2ccc(F)cc2)cc1. The molecular weight excluding hydrogens is 359 g/mol. The van der Waals surface area contributed by atoms with Crippen molar-refractivity contribution >= 4 is 11.8 Å². The Morgan fingerprint density at radius 3 is 1.86 bits per heavy atom. The third-order valence-corrected chi connectivity index (χ3v) is 4.36. The summed E-state index contributed by atoms with van der Waals surface area (Å²) < 4.78 is 18.5. The maximum Gasteiger partial charge on any atom is 0.252 e. The average molecular weight is 378 g/mol. The second-order valence-electron chi connectivity index (χ2n) is 6.17. The number of hydrogen-bond donors (Lipinski definition) is 2. The number of nitrogens with two attached hydrogens (primary N) is 1. The topological polar surface area (TPSA) is 81.4 Å². The first-order valence-corrected chi connectivity index (χ1v) is 8.58. The standard InChI is InChI=1S/C22H19FN2O3/c1-28-19-12-8-15(9-13-19)20(14-6-10-18(23)11-7-14)25-22(27)17-4-2-16(3-5-17)21(24)26/h2-13,20H,1H3,(H2,24,26)(H,25,27). The van der Waals surface area contributed by atoms with E-state index in [1.807, 2.05) is 12.1 Å². The molecule has 0 spiro atoms. The van der Waals surface area contributed by atoms with E-state index in [0.29, 0.717) is 16.9 Å². The van der Waals surface area contributed by atoms with E-state index < -0.39 is 11.9 Å². The van der Waals surface area contributed by atoms with E-state index in [0.717, 1.165) is 11.1 Å². The van der Waals surface area contributed by atoms with E-state index >= 15 is 0 Å². The molecule has 0 bridgehead atoms. The molecule has 3 rings (SSSR count). The van der Waals surface area contributed by atoms with Crippen molar-refractivity contribution in [1.82, 2.24) is 5.32 Å². The van der Waals surface area contributed by atoms with Crippen molar-refractivity contribution in [3.63, 3.8) is 0 Å². The highest BCUT2D eigenvalue weighted by molar-refractivity contribution is 5.97. The fourth-order valence-electron chi connectivity index (χ4n) is 2.81. The van der Waals surface area contributed by atoms with Crippen LogP contribution in [0.1, 0.15) is 37.9 Å². The van der Waals surface area contributed by atoms with Crippen molar-refractivity contribution < 1.29 is 18.7 Å². The second-order valence-corrected chi connectivity index (χ2v) is 6.17. The summed E-state index contributed by atoms with van der Waals surface area (Å²) in [6.45, 7) is 0. The molecule has 0 aliphatic heterocycles. The molecule has 3 aromatic rings. The Morgan fingerprint density at radius 2 is 1.36 bits per heavy atom. The van der Waals surface area contributed by atoms with Crippen LogP contribution in [0, 0.1) is 5.82 Å². The van der Waals surface area contributed by atoms with Crippen LogP contribution in [0.15, 0.2) is 72.8 Å². The van der Waals surface area contributed by atoms with Gasteiger partial charge in [-0.1, -0.05) is 24.3 Å². The van der Waals surface area contributed by atoms with Gasteiger partial charge in [-0.25, -0.2) is 4.39 Å². The number of ether oxygens (including phenoxy) is 1. The lowest BCUT2D eigenvalue weighted by molar-refractivity contribution is 0.0940. The zero-order chi connectivity index (χ0) is 20.1. The van der Waals surface area contributed by atoms with E-state index in [-0.39, 0.29) is 11.7 Å². The highest BCUT2D eigenvalue weighted by Gasteiger charge is 2.18. The van der Waals surface area contributed by atoms with Crippen molar-refractivity contribution in [3.8, 4) is 5.75 Å². The summed E-state index contributed by atoms with van der Waals surface area (Å²) >= 11 is 0. The number of methoxy groups -OCH3 is 1. The fraction of sp³-hybridized carbons (Fsp3) is 0.0909. The first-order chi connectivity index (χ1) is 13.5. The normalized spacial score (nSPS) is 11.5. The maximum absolute atomic E-state index is 13.3. The van der Waals surface area contributed by atoms with Crippen LogP contribution < -0.4 is 15.8 Å². The Morgan fingerprint density at radius 1 is 0.857 bits per heavy atom. The Hall–Kier alpha value is -3.67. The molecule has 3 N–H and O–H groups in total. The number of carbonyl (C=O) groups excluding carboxylic acids is 2. The first kappa shape index (κ1) is 19.1. The highest BCUT2D eigenvalue weighted by Crippen LogP contribution is 2.25. The first-order valence-electron chi connectivity index (χ1n) is 8.58. The Balaban J connectivity index is 1.90. The van der Waals surface area contributed by atoms with Crippen LogP contribution in [-0.2, 0) is 0 Å². The summed E-state index contributed by atoms with van der Waals surface area (Å²) in [6.07, 6.45) is 0. The molecular formula is C22H19FN2O3. The van der Waals surface area contributed by atoms with Gasteiger partial charge in [-0.2, -0.15) is 0 Å². The van der Waals surface area contributed by atoms with E-state index in [1.54, 1.807) is 31.4 Å². The van der Waals surface area contributed by atoms with Gasteiger partial charge in [0.05, 0.1) is 13.2 Å². The van der Waals surface area contributed by atoms with Gasteiger partial charge in [-0.3, -0.25) is 9.59 Å². The number of amides is 2. The van der Waals surface area contributed by atoms with Gasteiger partial charge in [0.2, 0.25) is 5.91 Å². The average Bonchev–Trinajstić information content (AvgIpc) is 2.73. The minimum atomic E-state index is -0.561. The van der Waals surface area contributed by atoms with Gasteiger partial charge >= 0.3 is 0 Å². The van der Waals surface area contributed by atoms with Crippen molar-refractivity contribution in [1.29, 1.82) is 0 Å². The lowest BCUT2D eigenvalue weighted by atomic mass is 9.98. The van der Waals surface area contributed by atoms with Crippen LogP contribution in [-0.4, -0.2) is 18.9 Å². The third-order valence-electron chi connectivity index (χ3n) is 4.36. The molecule has 0 aliphatic carbocycles. The van der Waals surface area contributed by atoms with Gasteiger partial charge in [0, 0.05) is 11.1 Å². The molecule has 0 radical (unpaired) electrons. The quantitative estimate of drug-likeness (QED) is 0.689. The predicted octanol–water partition coefficient (Wildman–Crippen LogP) is 3.45. The lowest BCUT2D eigenvalue weighted by Crippen LogP contribution is -2.29. The van der Waals surface area contributed by atoms with Gasteiger partial charge in [0.25, 0.3) is 5.91 Å². The Labute approximate surface area is 161 Å². The summed E-state index contributed by atoms with van der Waals surface area (Å²) in [4.78, 5) is 23.9. The lowest BCUT2D eigenvalue weighted by Gasteiger charge is -2.20. The molecule has 0 fully saturated rings. The van der Waals surface area contributed by atoms with Gasteiger partial charge < -0.3 is 15.8 Å². The second kappa shape index (κ2) is 8.35. The number of primary amides is 1. The molecule has 5 nitrogen and oxygen atoms in total. The maximum atomic E-state index is 13.3. The van der Waals surface area contributed by atoms with E-state index in [4.69, 9.17) is 10.5 Å². The summed E-state index contributed by atoms with van der Waals surface area (Å²) in [5, 5.41) is 2.95. The van der Waals surface area contributed by atoms with E-state index in [2.05, 4.69) is 5.32 Å². The van der Waals surface area contributed by atoms with Crippen LogP contribution in [0.4, 0.5) is 4.39 Å². The molecule has 0 aromatic heterocycles. The molecule has 0 saturated carbocycles. The molecule has 3 aromatic carbocycles. The summed E-state index contributed by atoms with van der Waals surface area (Å²) in [5.41, 5.74) is 7.47.